The summed E-state index contributed by atoms with van der Waals surface area (Å²) in [6.45, 7) is 1.66. The molecule has 0 saturated carbocycles. The molecular weight excluding hydrogens is 481 g/mol. The van der Waals surface area contributed by atoms with Crippen LogP contribution in [0.25, 0.3) is 0 Å². The number of nitrogens with one attached hydrogen (secondary N) is 1. The fourth-order valence-corrected chi connectivity index (χ4v) is 3.15. The Morgan fingerprint density at radius 3 is 1.81 bits per heavy atom. The van der Waals surface area contributed by atoms with Crippen molar-refractivity contribution in [3.63, 3.8) is 0 Å². The quantitative estimate of drug-likeness (QED) is 0.270. The molecule has 1 N–H and O–H groups in total. The third-order valence-electron chi connectivity index (χ3n) is 4.67. The van der Waals surface area contributed by atoms with E-state index in [-0.39, 0.29) is 6.42 Å². The van der Waals surface area contributed by atoms with E-state index in [1.165, 1.54) is 0 Å². The first-order valence-electron chi connectivity index (χ1n) is 9.65. The van der Waals surface area contributed by atoms with Gasteiger partial charge in [-0.2, -0.15) is 0 Å². The average molecular weight is 501 g/mol. The van der Waals surface area contributed by atoms with Gasteiger partial charge in [0.05, 0.1) is 17.2 Å². The van der Waals surface area contributed by atoms with E-state index in [0.29, 0.717) is 11.1 Å². The summed E-state index contributed by atoms with van der Waals surface area (Å²) in [5.41, 5.74) is 0.674. The van der Waals surface area contributed by atoms with E-state index in [1.54, 1.807) is 67.6 Å². The number of hydrogen-bond donors (Lipinski definition) is 1. The van der Waals surface area contributed by atoms with Crippen LogP contribution in [-0.4, -0.2) is 46.2 Å². The number of alkyl halides is 3. The standard InChI is InChI=1S/C22H20Cl3NO6/c1-13-16(30-18(27)14-8-4-2-5-9-14)12-17(20(29-13)32-21(26)22(23,24)25)31-19(28)15-10-6-3-7-11-15/h2-11,13,16-17,20,26H,12H2,1H3/t13?,16?,17?,20-/m0/s1. The minimum atomic E-state index is -2.13. The second-order valence-electron chi connectivity index (χ2n) is 7.01. The van der Waals surface area contributed by atoms with Crippen molar-refractivity contribution in [3.8, 4) is 0 Å². The van der Waals surface area contributed by atoms with Crippen LogP contribution >= 0.6 is 34.8 Å². The third-order valence-corrected chi connectivity index (χ3v) is 5.18. The molecule has 1 saturated heterocycles. The third kappa shape index (κ3) is 6.36. The Morgan fingerprint density at radius 1 is 0.875 bits per heavy atom. The lowest BCUT2D eigenvalue weighted by Gasteiger charge is -2.39. The molecule has 0 amide bonds. The molecule has 32 heavy (non-hydrogen) atoms. The van der Waals surface area contributed by atoms with E-state index in [9.17, 15) is 9.59 Å². The van der Waals surface area contributed by atoms with E-state index in [2.05, 4.69) is 0 Å². The molecule has 0 radical (unpaired) electrons. The van der Waals surface area contributed by atoms with Crippen LogP contribution in [0.5, 0.6) is 0 Å². The smallest absolute Gasteiger partial charge is 0.338 e. The number of benzene rings is 2. The molecule has 2 aromatic carbocycles. The molecule has 4 atom stereocenters. The van der Waals surface area contributed by atoms with E-state index in [1.807, 2.05) is 0 Å². The zero-order chi connectivity index (χ0) is 23.3. The molecule has 170 valence electrons. The fourth-order valence-electron chi connectivity index (χ4n) is 3.01. The molecule has 10 heteroatoms. The van der Waals surface area contributed by atoms with Crippen LogP contribution in [0.4, 0.5) is 0 Å². The van der Waals surface area contributed by atoms with Gasteiger partial charge >= 0.3 is 11.9 Å². The van der Waals surface area contributed by atoms with Gasteiger partial charge < -0.3 is 18.9 Å². The minimum Gasteiger partial charge on any atom is -0.456 e. The van der Waals surface area contributed by atoms with Gasteiger partial charge in [0.1, 0.15) is 6.10 Å². The number of esters is 2. The van der Waals surface area contributed by atoms with Gasteiger partial charge in [0.2, 0.25) is 12.2 Å². The maximum absolute atomic E-state index is 12.6. The van der Waals surface area contributed by atoms with Crippen molar-refractivity contribution < 1.29 is 28.5 Å². The second kappa shape index (κ2) is 10.5. The highest BCUT2D eigenvalue weighted by atomic mass is 35.6. The second-order valence-corrected chi connectivity index (χ2v) is 9.29. The van der Waals surface area contributed by atoms with Crippen LogP contribution in [0.1, 0.15) is 34.1 Å². The maximum atomic E-state index is 12.6. The van der Waals surface area contributed by atoms with Crippen molar-refractivity contribution in [2.24, 2.45) is 0 Å². The van der Waals surface area contributed by atoms with Crippen LogP contribution in [0, 0.1) is 5.41 Å². The van der Waals surface area contributed by atoms with Gasteiger partial charge in [-0.15, -0.1) is 0 Å². The molecule has 2 aromatic rings. The molecule has 7 nitrogen and oxygen atoms in total. The molecule has 1 aliphatic heterocycles. The highest BCUT2D eigenvalue weighted by Gasteiger charge is 2.44. The molecule has 1 heterocycles. The minimum absolute atomic E-state index is 0.0517. The van der Waals surface area contributed by atoms with Gasteiger partial charge in [0.25, 0.3) is 3.79 Å². The molecule has 1 aliphatic rings. The summed E-state index contributed by atoms with van der Waals surface area (Å²) in [6, 6.07) is 16.8. The summed E-state index contributed by atoms with van der Waals surface area (Å²) in [4.78, 5) is 25.1. The summed E-state index contributed by atoms with van der Waals surface area (Å²) in [5, 5.41) is 7.83. The number of ether oxygens (including phenoxy) is 4. The predicted octanol–water partition coefficient (Wildman–Crippen LogP) is 4.94. The first kappa shape index (κ1) is 24.3. The van der Waals surface area contributed by atoms with Crippen molar-refractivity contribution in [2.45, 2.75) is 41.7 Å². The normalized spacial score (nSPS) is 23.1. The molecule has 3 rings (SSSR count). The van der Waals surface area contributed by atoms with Gasteiger partial charge in [-0.1, -0.05) is 71.2 Å². The van der Waals surface area contributed by atoms with E-state index in [0.717, 1.165) is 0 Å². The van der Waals surface area contributed by atoms with Crippen LogP contribution in [-0.2, 0) is 18.9 Å². The van der Waals surface area contributed by atoms with Gasteiger partial charge in [-0.05, 0) is 31.2 Å². The number of carbonyl (C=O) groups excluding carboxylic acids is 2. The maximum Gasteiger partial charge on any atom is 0.338 e. The largest absolute Gasteiger partial charge is 0.456 e. The van der Waals surface area contributed by atoms with E-state index >= 15 is 0 Å². The van der Waals surface area contributed by atoms with Gasteiger partial charge in [0.15, 0.2) is 6.10 Å². The van der Waals surface area contributed by atoms with Crippen LogP contribution in [0.3, 0.4) is 0 Å². The van der Waals surface area contributed by atoms with Crippen molar-refractivity contribution in [3.05, 3.63) is 71.8 Å². The Bertz CT molecular complexity index is 951. The number of carbonyl (C=O) groups is 2. The molecule has 0 bridgehead atoms. The summed E-state index contributed by atoms with van der Waals surface area (Å²) in [5.74, 6) is -1.89. The number of rotatable bonds is 5. The molecule has 3 unspecified atom stereocenters. The Morgan fingerprint density at radius 2 is 1.34 bits per heavy atom. The monoisotopic (exact) mass is 499 g/mol. The Labute approximate surface area is 200 Å². The lowest BCUT2D eigenvalue weighted by Crippen LogP contribution is -2.51. The highest BCUT2D eigenvalue weighted by molar-refractivity contribution is 6.76. The van der Waals surface area contributed by atoms with Gasteiger partial charge in [-0.3, -0.25) is 5.41 Å². The SMILES string of the molecule is CC1O[C@@H](OC(=N)C(Cl)(Cl)Cl)C(OC(=O)c2ccccc2)CC1OC(=O)c1ccccc1. The first-order chi connectivity index (χ1) is 15.1. The van der Waals surface area contributed by atoms with Crippen molar-refractivity contribution >= 4 is 52.6 Å². The summed E-state index contributed by atoms with van der Waals surface area (Å²) >= 11 is 17.1. The molecule has 0 spiro atoms. The Balaban J connectivity index is 1.77. The Hall–Kier alpha value is -2.32. The number of halogens is 3. The van der Waals surface area contributed by atoms with Crippen molar-refractivity contribution in [1.29, 1.82) is 5.41 Å². The molecule has 1 fully saturated rings. The molecular formula is C22H20Cl3NO6. The first-order valence-corrected chi connectivity index (χ1v) is 10.8. The van der Waals surface area contributed by atoms with Crippen LogP contribution in [0.15, 0.2) is 60.7 Å². The predicted molar refractivity (Wildman–Crippen MR) is 119 cm³/mol. The zero-order valence-corrected chi connectivity index (χ0v) is 19.1. The molecule has 0 aliphatic carbocycles. The van der Waals surface area contributed by atoms with E-state index < -0.39 is 46.2 Å². The van der Waals surface area contributed by atoms with Crippen LogP contribution in [0.2, 0.25) is 0 Å². The topological polar surface area (TPSA) is 94.9 Å². The fraction of sp³-hybridized carbons (Fsp3) is 0.318. The lowest BCUT2D eigenvalue weighted by molar-refractivity contribution is -0.234. The summed E-state index contributed by atoms with van der Waals surface area (Å²) in [7, 11) is 0. The van der Waals surface area contributed by atoms with Crippen molar-refractivity contribution in [2.75, 3.05) is 0 Å². The highest BCUT2D eigenvalue weighted by Crippen LogP contribution is 2.32. The summed E-state index contributed by atoms with van der Waals surface area (Å²) in [6.07, 6.45) is -3.64. The molecule has 0 aromatic heterocycles. The summed E-state index contributed by atoms with van der Waals surface area (Å²) < 4.78 is 20.1. The zero-order valence-electron chi connectivity index (χ0n) is 16.9. The van der Waals surface area contributed by atoms with Crippen LogP contribution < -0.4 is 0 Å². The van der Waals surface area contributed by atoms with E-state index in [4.69, 9.17) is 59.2 Å². The van der Waals surface area contributed by atoms with Gasteiger partial charge in [0, 0.05) is 6.42 Å². The average Bonchev–Trinajstić information content (AvgIpc) is 2.77. The lowest BCUT2D eigenvalue weighted by atomic mass is 10.0. The van der Waals surface area contributed by atoms with Crippen molar-refractivity contribution in [1.82, 2.24) is 0 Å². The van der Waals surface area contributed by atoms with Gasteiger partial charge in [-0.25, -0.2) is 9.59 Å². The Kier molecular flexibility index (Phi) is 8.00. The number of hydrogen-bond acceptors (Lipinski definition) is 7.